The Balaban J connectivity index is 1.76. The van der Waals surface area contributed by atoms with E-state index in [1.165, 1.54) is 17.6 Å². The van der Waals surface area contributed by atoms with Gasteiger partial charge in [0.05, 0.1) is 22.3 Å². The van der Waals surface area contributed by atoms with Crippen LogP contribution in [0.1, 0.15) is 33.9 Å². The Morgan fingerprint density at radius 3 is 2.44 bits per heavy atom. The summed E-state index contributed by atoms with van der Waals surface area (Å²) in [5.74, 6) is -0.216. The minimum Gasteiger partial charge on any atom is -0.345 e. The molecule has 2 heterocycles. The lowest BCUT2D eigenvalue weighted by atomic mass is 10.1. The number of sulfone groups is 1. The highest BCUT2D eigenvalue weighted by atomic mass is 32.2. The quantitative estimate of drug-likeness (QED) is 0.708. The molecule has 6 nitrogen and oxygen atoms in total. The summed E-state index contributed by atoms with van der Waals surface area (Å²) in [5.41, 5.74) is 2.20. The van der Waals surface area contributed by atoms with Crippen LogP contribution in [0.25, 0.3) is 10.7 Å². The van der Waals surface area contributed by atoms with Crippen molar-refractivity contribution in [2.45, 2.75) is 24.8 Å². The maximum Gasteiger partial charge on any atom is 0.263 e. The lowest BCUT2D eigenvalue weighted by Crippen LogP contribution is -2.26. The molecule has 27 heavy (non-hydrogen) atoms. The maximum absolute atomic E-state index is 12.7. The summed E-state index contributed by atoms with van der Waals surface area (Å²) in [6.07, 6.45) is 2.85. The van der Waals surface area contributed by atoms with Crippen LogP contribution in [-0.2, 0) is 9.84 Å². The predicted octanol–water partition coefficient (Wildman–Crippen LogP) is 3.41. The van der Waals surface area contributed by atoms with Gasteiger partial charge in [0.25, 0.3) is 5.91 Å². The van der Waals surface area contributed by atoms with Gasteiger partial charge >= 0.3 is 0 Å². The van der Waals surface area contributed by atoms with E-state index in [0.29, 0.717) is 15.6 Å². The van der Waals surface area contributed by atoms with Crippen LogP contribution in [0.2, 0.25) is 0 Å². The number of rotatable bonds is 5. The van der Waals surface area contributed by atoms with E-state index < -0.39 is 9.84 Å². The van der Waals surface area contributed by atoms with Gasteiger partial charge in [-0.25, -0.2) is 13.4 Å². The second-order valence-corrected chi connectivity index (χ2v) is 9.20. The van der Waals surface area contributed by atoms with Crippen molar-refractivity contribution in [3.05, 3.63) is 64.8 Å². The van der Waals surface area contributed by atoms with Gasteiger partial charge in [-0.3, -0.25) is 9.78 Å². The molecule has 3 aromatic rings. The Morgan fingerprint density at radius 1 is 1.15 bits per heavy atom. The van der Waals surface area contributed by atoms with Crippen molar-refractivity contribution in [2.75, 3.05) is 6.26 Å². The summed E-state index contributed by atoms with van der Waals surface area (Å²) in [4.78, 5) is 22.2. The first kappa shape index (κ1) is 19.2. The fourth-order valence-electron chi connectivity index (χ4n) is 2.56. The summed E-state index contributed by atoms with van der Waals surface area (Å²) < 4.78 is 23.1. The molecule has 0 fully saturated rings. The van der Waals surface area contributed by atoms with Gasteiger partial charge < -0.3 is 5.32 Å². The first-order chi connectivity index (χ1) is 12.8. The number of nitrogens with zero attached hydrogens (tertiary/aromatic N) is 2. The summed E-state index contributed by atoms with van der Waals surface area (Å²) >= 11 is 1.30. The van der Waals surface area contributed by atoms with E-state index in [4.69, 9.17) is 0 Å². The minimum atomic E-state index is -3.24. The number of carbonyl (C=O) groups is 1. The van der Waals surface area contributed by atoms with E-state index in [1.807, 2.05) is 25.1 Å². The largest absolute Gasteiger partial charge is 0.345 e. The molecule has 3 rings (SSSR count). The SMILES string of the molecule is Cc1nc(-c2ccccn2)sc1C(=O)NC(C)c1ccc(S(C)(=O)=O)cc1. The van der Waals surface area contributed by atoms with E-state index in [-0.39, 0.29) is 16.8 Å². The molecule has 1 unspecified atom stereocenters. The molecular formula is C19H19N3O3S2. The molecule has 0 aliphatic carbocycles. The van der Waals surface area contributed by atoms with Crippen LogP contribution in [0.3, 0.4) is 0 Å². The number of pyridine rings is 1. The molecule has 0 bridgehead atoms. The molecule has 140 valence electrons. The van der Waals surface area contributed by atoms with Crippen LogP contribution in [0.15, 0.2) is 53.6 Å². The van der Waals surface area contributed by atoms with Gasteiger partial charge in [0.15, 0.2) is 9.84 Å². The highest BCUT2D eigenvalue weighted by molar-refractivity contribution is 7.90. The number of amides is 1. The summed E-state index contributed by atoms with van der Waals surface area (Å²) in [5, 5.41) is 3.64. The maximum atomic E-state index is 12.7. The summed E-state index contributed by atoms with van der Waals surface area (Å²) in [6.45, 7) is 3.65. The molecule has 8 heteroatoms. The van der Waals surface area contributed by atoms with Crippen molar-refractivity contribution in [1.29, 1.82) is 0 Å². The third kappa shape index (κ3) is 4.40. The molecule has 0 saturated carbocycles. The van der Waals surface area contributed by atoms with Crippen LogP contribution in [0.4, 0.5) is 0 Å². The molecule has 1 amide bonds. The average molecular weight is 402 g/mol. The number of benzene rings is 1. The van der Waals surface area contributed by atoms with E-state index in [9.17, 15) is 13.2 Å². The van der Waals surface area contributed by atoms with Gasteiger partial charge in [0.1, 0.15) is 9.88 Å². The standard InChI is InChI=1S/C19H19N3O3S2/c1-12(14-7-9-15(10-8-14)27(3,24)25)21-18(23)17-13(2)22-19(26-17)16-6-4-5-11-20-16/h4-12H,1-3H3,(H,21,23). The lowest BCUT2D eigenvalue weighted by molar-refractivity contribution is 0.0943. The van der Waals surface area contributed by atoms with Crippen LogP contribution < -0.4 is 5.32 Å². The lowest BCUT2D eigenvalue weighted by Gasteiger charge is -2.14. The summed E-state index contributed by atoms with van der Waals surface area (Å²) in [7, 11) is -3.24. The second kappa shape index (κ2) is 7.58. The first-order valence-corrected chi connectivity index (χ1v) is 11.0. The number of aromatic nitrogens is 2. The van der Waals surface area contributed by atoms with Crippen molar-refractivity contribution in [3.63, 3.8) is 0 Å². The molecule has 0 radical (unpaired) electrons. The fraction of sp³-hybridized carbons (Fsp3) is 0.211. The molecule has 0 spiro atoms. The molecule has 1 aromatic carbocycles. The van der Waals surface area contributed by atoms with Gasteiger partial charge in [-0.2, -0.15) is 0 Å². The molecule has 1 N–H and O–H groups in total. The van der Waals surface area contributed by atoms with Gasteiger partial charge in [0, 0.05) is 12.5 Å². The molecule has 0 saturated heterocycles. The number of hydrogen-bond donors (Lipinski definition) is 1. The monoisotopic (exact) mass is 401 g/mol. The fourth-order valence-corrected chi connectivity index (χ4v) is 4.13. The topological polar surface area (TPSA) is 89.0 Å². The molecule has 1 atom stereocenters. The summed E-state index contributed by atoms with van der Waals surface area (Å²) in [6, 6.07) is 11.8. The molecular weight excluding hydrogens is 382 g/mol. The number of thiazole rings is 1. The molecule has 0 aliphatic heterocycles. The average Bonchev–Trinajstić information content (AvgIpc) is 3.04. The van der Waals surface area contributed by atoms with Crippen LogP contribution >= 0.6 is 11.3 Å². The van der Waals surface area contributed by atoms with Crippen LogP contribution in [-0.4, -0.2) is 30.5 Å². The number of hydrogen-bond acceptors (Lipinski definition) is 6. The minimum absolute atomic E-state index is 0.216. The van der Waals surface area contributed by atoms with Gasteiger partial charge in [0.2, 0.25) is 0 Å². The van der Waals surface area contributed by atoms with E-state index in [1.54, 1.807) is 37.4 Å². The highest BCUT2D eigenvalue weighted by Gasteiger charge is 2.19. The van der Waals surface area contributed by atoms with E-state index >= 15 is 0 Å². The zero-order chi connectivity index (χ0) is 19.6. The van der Waals surface area contributed by atoms with Gasteiger partial charge in [-0.1, -0.05) is 18.2 Å². The number of aryl methyl sites for hydroxylation is 1. The Labute approximate surface area is 162 Å². The predicted molar refractivity (Wildman–Crippen MR) is 106 cm³/mol. The van der Waals surface area contributed by atoms with Crippen LogP contribution in [0.5, 0.6) is 0 Å². The molecule has 0 aliphatic rings. The number of carbonyl (C=O) groups excluding carboxylic acids is 1. The van der Waals surface area contributed by atoms with Gasteiger partial charge in [-0.05, 0) is 43.7 Å². The third-order valence-electron chi connectivity index (χ3n) is 4.04. The Bertz CT molecular complexity index is 1060. The van der Waals surface area contributed by atoms with Crippen LogP contribution in [0, 0.1) is 6.92 Å². The van der Waals surface area contributed by atoms with Gasteiger partial charge in [-0.15, -0.1) is 11.3 Å². The second-order valence-electron chi connectivity index (χ2n) is 6.18. The van der Waals surface area contributed by atoms with E-state index in [0.717, 1.165) is 11.3 Å². The molecule has 2 aromatic heterocycles. The Kier molecular flexibility index (Phi) is 5.38. The van der Waals surface area contributed by atoms with Crippen molar-refractivity contribution < 1.29 is 13.2 Å². The first-order valence-electron chi connectivity index (χ1n) is 8.25. The van der Waals surface area contributed by atoms with Crippen molar-refractivity contribution in [1.82, 2.24) is 15.3 Å². The van der Waals surface area contributed by atoms with Crippen molar-refractivity contribution >= 4 is 27.1 Å². The Morgan fingerprint density at radius 2 is 1.85 bits per heavy atom. The van der Waals surface area contributed by atoms with E-state index in [2.05, 4.69) is 15.3 Å². The smallest absolute Gasteiger partial charge is 0.263 e. The van der Waals surface area contributed by atoms with Crippen molar-refractivity contribution in [2.24, 2.45) is 0 Å². The third-order valence-corrected chi connectivity index (χ3v) is 6.35. The Hall–Kier alpha value is -2.58. The normalized spacial score (nSPS) is 12.6. The number of nitrogens with one attached hydrogen (secondary N) is 1. The zero-order valence-electron chi connectivity index (χ0n) is 15.1. The zero-order valence-corrected chi connectivity index (χ0v) is 16.8. The van der Waals surface area contributed by atoms with Crippen molar-refractivity contribution in [3.8, 4) is 10.7 Å². The highest BCUT2D eigenvalue weighted by Crippen LogP contribution is 2.27.